The van der Waals surface area contributed by atoms with E-state index in [0.29, 0.717) is 11.1 Å². The van der Waals surface area contributed by atoms with E-state index in [-0.39, 0.29) is 0 Å². The van der Waals surface area contributed by atoms with Gasteiger partial charge in [0.15, 0.2) is 0 Å². The molecule has 0 N–H and O–H groups in total. The molecule has 1 aliphatic rings. The summed E-state index contributed by atoms with van der Waals surface area (Å²) in [6, 6.07) is 2.22. The SMILES string of the molecule is CC1COCCN1c1cc(Cl)c2snc(Br)c2n1. The molecule has 96 valence electrons. The number of morpholine rings is 1. The number of pyridine rings is 1. The van der Waals surface area contributed by atoms with E-state index in [0.717, 1.165) is 40.4 Å². The van der Waals surface area contributed by atoms with Crippen LogP contribution in [0.1, 0.15) is 6.92 Å². The molecule has 1 saturated heterocycles. The fourth-order valence-corrected chi connectivity index (χ4v) is 3.62. The quantitative estimate of drug-likeness (QED) is 0.792. The highest BCUT2D eigenvalue weighted by atomic mass is 79.9. The van der Waals surface area contributed by atoms with Gasteiger partial charge in [-0.15, -0.1) is 0 Å². The highest BCUT2D eigenvalue weighted by Gasteiger charge is 2.22. The summed E-state index contributed by atoms with van der Waals surface area (Å²) in [6.45, 7) is 4.41. The van der Waals surface area contributed by atoms with Gasteiger partial charge in [0.05, 0.1) is 29.0 Å². The normalized spacial score (nSPS) is 20.6. The molecule has 0 saturated carbocycles. The first kappa shape index (κ1) is 12.6. The van der Waals surface area contributed by atoms with Gasteiger partial charge < -0.3 is 9.64 Å². The molecule has 2 aromatic heterocycles. The third-order valence-electron chi connectivity index (χ3n) is 2.99. The van der Waals surface area contributed by atoms with Crippen LogP contribution in [0.3, 0.4) is 0 Å². The number of fused-ring (bicyclic) bond motifs is 1. The summed E-state index contributed by atoms with van der Waals surface area (Å²) in [6.07, 6.45) is 0. The van der Waals surface area contributed by atoms with Crippen LogP contribution in [0, 0.1) is 0 Å². The summed E-state index contributed by atoms with van der Waals surface area (Å²) in [4.78, 5) is 6.88. The van der Waals surface area contributed by atoms with E-state index < -0.39 is 0 Å². The lowest BCUT2D eigenvalue weighted by Gasteiger charge is -2.34. The van der Waals surface area contributed by atoms with Gasteiger partial charge in [-0.25, -0.2) is 4.98 Å². The van der Waals surface area contributed by atoms with Gasteiger partial charge in [-0.2, -0.15) is 4.37 Å². The van der Waals surface area contributed by atoms with E-state index in [4.69, 9.17) is 16.3 Å². The number of hydrogen-bond donors (Lipinski definition) is 0. The van der Waals surface area contributed by atoms with E-state index in [2.05, 4.69) is 37.1 Å². The van der Waals surface area contributed by atoms with E-state index in [9.17, 15) is 0 Å². The molecule has 4 nitrogen and oxygen atoms in total. The van der Waals surface area contributed by atoms with Crippen molar-refractivity contribution < 1.29 is 4.74 Å². The van der Waals surface area contributed by atoms with Crippen molar-refractivity contribution in [1.29, 1.82) is 0 Å². The molecule has 0 aromatic carbocycles. The van der Waals surface area contributed by atoms with Crippen molar-refractivity contribution in [2.45, 2.75) is 13.0 Å². The fourth-order valence-electron chi connectivity index (χ4n) is 2.06. The Labute approximate surface area is 122 Å². The molecule has 7 heteroatoms. The van der Waals surface area contributed by atoms with Crippen molar-refractivity contribution >= 4 is 55.1 Å². The van der Waals surface area contributed by atoms with E-state index >= 15 is 0 Å². The Morgan fingerprint density at radius 1 is 1.61 bits per heavy atom. The third-order valence-corrected chi connectivity index (χ3v) is 5.06. The molecule has 2 aromatic rings. The molecule has 1 atom stereocenters. The molecule has 1 unspecified atom stereocenters. The molecule has 0 amide bonds. The van der Waals surface area contributed by atoms with Crippen LogP contribution in [0.25, 0.3) is 10.2 Å². The van der Waals surface area contributed by atoms with Gasteiger partial charge in [0, 0.05) is 12.6 Å². The van der Waals surface area contributed by atoms with Crippen molar-refractivity contribution in [3.63, 3.8) is 0 Å². The highest BCUT2D eigenvalue weighted by molar-refractivity contribution is 9.10. The number of ether oxygens (including phenoxy) is 1. The van der Waals surface area contributed by atoms with Gasteiger partial charge in [0.1, 0.15) is 15.9 Å². The Morgan fingerprint density at radius 3 is 3.22 bits per heavy atom. The molecule has 0 spiro atoms. The number of aromatic nitrogens is 2. The Hall–Kier alpha value is -0.430. The Bertz CT molecular complexity index is 591. The Balaban J connectivity index is 2.08. The maximum Gasteiger partial charge on any atom is 0.146 e. The zero-order chi connectivity index (χ0) is 12.7. The molecule has 0 radical (unpaired) electrons. The van der Waals surface area contributed by atoms with Gasteiger partial charge in [0.25, 0.3) is 0 Å². The van der Waals surface area contributed by atoms with E-state index in [1.807, 2.05) is 6.07 Å². The van der Waals surface area contributed by atoms with Gasteiger partial charge in [-0.05, 0) is 34.4 Å². The molecule has 3 rings (SSSR count). The average Bonchev–Trinajstić information content (AvgIpc) is 2.72. The summed E-state index contributed by atoms with van der Waals surface area (Å²) in [7, 11) is 0. The molecule has 1 fully saturated rings. The first-order valence-electron chi connectivity index (χ1n) is 5.62. The first-order valence-corrected chi connectivity index (χ1v) is 7.57. The van der Waals surface area contributed by atoms with Crippen molar-refractivity contribution in [1.82, 2.24) is 9.36 Å². The lowest BCUT2D eigenvalue weighted by molar-refractivity contribution is 0.0986. The monoisotopic (exact) mass is 347 g/mol. The summed E-state index contributed by atoms with van der Waals surface area (Å²) < 4.78 is 11.3. The smallest absolute Gasteiger partial charge is 0.146 e. The number of anilines is 1. The van der Waals surface area contributed by atoms with Crippen LogP contribution >= 0.6 is 39.1 Å². The van der Waals surface area contributed by atoms with Crippen molar-refractivity contribution in [2.75, 3.05) is 24.7 Å². The minimum absolute atomic E-state index is 0.310. The van der Waals surface area contributed by atoms with Crippen molar-refractivity contribution in [3.05, 3.63) is 15.7 Å². The maximum atomic E-state index is 6.29. The number of rotatable bonds is 1. The zero-order valence-electron chi connectivity index (χ0n) is 9.69. The average molecular weight is 349 g/mol. The van der Waals surface area contributed by atoms with Gasteiger partial charge in [-0.3, -0.25) is 0 Å². The lowest BCUT2D eigenvalue weighted by atomic mass is 10.2. The van der Waals surface area contributed by atoms with Crippen molar-refractivity contribution in [3.8, 4) is 0 Å². The number of hydrogen-bond acceptors (Lipinski definition) is 5. The number of nitrogens with zero attached hydrogens (tertiary/aromatic N) is 3. The minimum Gasteiger partial charge on any atom is -0.377 e. The predicted octanol–water partition coefficient (Wildman–Crippen LogP) is 3.33. The predicted molar refractivity (Wildman–Crippen MR) is 77.8 cm³/mol. The van der Waals surface area contributed by atoms with Gasteiger partial charge in [0.2, 0.25) is 0 Å². The first-order chi connectivity index (χ1) is 8.66. The fraction of sp³-hybridized carbons (Fsp3) is 0.455. The minimum atomic E-state index is 0.310. The molecule has 3 heterocycles. The van der Waals surface area contributed by atoms with Gasteiger partial charge >= 0.3 is 0 Å². The van der Waals surface area contributed by atoms with Crippen LogP contribution < -0.4 is 4.90 Å². The summed E-state index contributed by atoms with van der Waals surface area (Å²) in [5.41, 5.74) is 0.834. The Morgan fingerprint density at radius 2 is 2.44 bits per heavy atom. The zero-order valence-corrected chi connectivity index (χ0v) is 12.8. The molecule has 18 heavy (non-hydrogen) atoms. The standard InChI is InChI=1S/C11H11BrClN3OS/c1-6-5-17-3-2-16(6)8-4-7(13)10-9(14-8)11(12)15-18-10/h4,6H,2-3,5H2,1H3. The van der Waals surface area contributed by atoms with Crippen LogP contribution in [0.4, 0.5) is 5.82 Å². The van der Waals surface area contributed by atoms with E-state index in [1.54, 1.807) is 0 Å². The molecule has 0 aliphatic carbocycles. The topological polar surface area (TPSA) is 38.2 Å². The lowest BCUT2D eigenvalue weighted by Crippen LogP contribution is -2.44. The number of halogens is 2. The van der Waals surface area contributed by atoms with E-state index in [1.165, 1.54) is 11.5 Å². The molecular weight excluding hydrogens is 338 g/mol. The Kier molecular flexibility index (Phi) is 3.44. The molecular formula is C11H11BrClN3OS. The third kappa shape index (κ3) is 2.11. The summed E-state index contributed by atoms with van der Waals surface area (Å²) in [5, 5.41) is 0.705. The molecule has 0 bridgehead atoms. The maximum absolute atomic E-state index is 6.29. The van der Waals surface area contributed by atoms with Crippen LogP contribution in [0.2, 0.25) is 5.02 Å². The van der Waals surface area contributed by atoms with Crippen LogP contribution in [0.15, 0.2) is 10.7 Å². The van der Waals surface area contributed by atoms with Crippen molar-refractivity contribution in [2.24, 2.45) is 0 Å². The second kappa shape index (κ2) is 4.92. The molecule has 1 aliphatic heterocycles. The second-order valence-corrected chi connectivity index (χ2v) is 6.16. The van der Waals surface area contributed by atoms with Crippen LogP contribution in [-0.2, 0) is 4.74 Å². The van der Waals surface area contributed by atoms with Crippen LogP contribution in [0.5, 0.6) is 0 Å². The largest absolute Gasteiger partial charge is 0.377 e. The highest BCUT2D eigenvalue weighted by Crippen LogP contribution is 2.34. The second-order valence-electron chi connectivity index (χ2n) is 4.23. The summed E-state index contributed by atoms with van der Waals surface area (Å²) in [5.74, 6) is 0.893. The van der Waals surface area contributed by atoms with Gasteiger partial charge in [-0.1, -0.05) is 11.6 Å². The van der Waals surface area contributed by atoms with Crippen LogP contribution in [-0.4, -0.2) is 35.2 Å². The summed E-state index contributed by atoms with van der Waals surface area (Å²) >= 11 is 11.1.